The van der Waals surface area contributed by atoms with Crippen molar-refractivity contribution < 1.29 is 28.2 Å². The number of carbonyl (C=O) groups excluding carboxylic acids is 2. The van der Waals surface area contributed by atoms with Gasteiger partial charge < -0.3 is 20.5 Å². The van der Waals surface area contributed by atoms with E-state index in [1.807, 2.05) is 44.2 Å². The van der Waals surface area contributed by atoms with E-state index in [9.17, 15) is 23.5 Å². The Morgan fingerprint density at radius 2 is 1.94 bits per heavy atom. The molecule has 2 heterocycles. The number of amides is 2. The van der Waals surface area contributed by atoms with Crippen LogP contribution in [0.5, 0.6) is 0 Å². The van der Waals surface area contributed by atoms with Gasteiger partial charge in [-0.15, -0.1) is 0 Å². The van der Waals surface area contributed by atoms with E-state index < -0.39 is 42.6 Å². The van der Waals surface area contributed by atoms with Gasteiger partial charge >= 0.3 is 6.09 Å². The lowest BCUT2D eigenvalue weighted by atomic mass is 9.94. The van der Waals surface area contributed by atoms with Crippen LogP contribution in [0, 0.1) is 5.82 Å². The van der Waals surface area contributed by atoms with Crippen LogP contribution in [0.2, 0.25) is 0 Å². The molecule has 0 bridgehead atoms. The minimum Gasteiger partial charge on any atom is -0.440 e. The molecule has 2 aliphatic rings. The number of nitrogens with zero attached hydrogens (tertiary/aromatic N) is 1. The molecular formula is C25H29F2N3O4. The van der Waals surface area contributed by atoms with Crippen LogP contribution in [0.3, 0.4) is 0 Å². The third-order valence-corrected chi connectivity index (χ3v) is 6.37. The van der Waals surface area contributed by atoms with E-state index in [4.69, 9.17) is 4.74 Å². The van der Waals surface area contributed by atoms with Gasteiger partial charge in [-0.2, -0.15) is 0 Å². The zero-order valence-electron chi connectivity index (χ0n) is 19.1. The Hall–Kier alpha value is -3.04. The summed E-state index contributed by atoms with van der Waals surface area (Å²) in [7, 11) is 0. The van der Waals surface area contributed by atoms with Crippen molar-refractivity contribution in [2.24, 2.45) is 0 Å². The van der Waals surface area contributed by atoms with Gasteiger partial charge in [0, 0.05) is 13.0 Å². The number of aliphatic hydroxyl groups is 1. The Bertz CT molecular complexity index is 1040. The third-order valence-electron chi connectivity index (χ3n) is 6.37. The van der Waals surface area contributed by atoms with Crippen LogP contribution in [0.4, 0.5) is 13.6 Å². The first kappa shape index (κ1) is 24.1. The van der Waals surface area contributed by atoms with Crippen LogP contribution < -0.4 is 10.6 Å². The number of ether oxygens (including phenoxy) is 1. The fourth-order valence-electron chi connectivity index (χ4n) is 4.58. The molecule has 0 unspecified atom stereocenters. The Kier molecular flexibility index (Phi) is 7.13. The number of likely N-dealkylation sites (tertiary alicyclic amines) is 1. The maximum absolute atomic E-state index is 14.8. The Balaban J connectivity index is 1.59. The molecule has 182 valence electrons. The molecule has 4 rings (SSSR count). The summed E-state index contributed by atoms with van der Waals surface area (Å²) in [6.07, 6.45) is -4.35. The number of rotatable bonds is 7. The molecule has 2 aromatic carbocycles. The normalized spacial score (nSPS) is 24.5. The van der Waals surface area contributed by atoms with Gasteiger partial charge in [0.2, 0.25) is 5.91 Å². The smallest absolute Gasteiger partial charge is 0.407 e. The molecule has 0 saturated carbocycles. The van der Waals surface area contributed by atoms with E-state index >= 15 is 0 Å². The lowest BCUT2D eigenvalue weighted by Gasteiger charge is -2.31. The van der Waals surface area contributed by atoms with Crippen molar-refractivity contribution in [3.8, 4) is 0 Å². The van der Waals surface area contributed by atoms with Crippen LogP contribution in [-0.4, -0.2) is 59.6 Å². The van der Waals surface area contributed by atoms with Crippen molar-refractivity contribution in [1.29, 1.82) is 0 Å². The molecule has 0 radical (unpaired) electrons. The SMILES string of the molecule is CC(C)c1ccc([C@@H](NC(=O)[C@@H]2C[C@@H](F)CN2[C@H](O)[C@@H]2CNC(=O)O2)c2ccccc2)cc1F. The zero-order valence-corrected chi connectivity index (χ0v) is 19.1. The molecule has 5 atom stereocenters. The molecule has 2 fully saturated rings. The highest BCUT2D eigenvalue weighted by Gasteiger charge is 2.45. The number of hydrogen-bond acceptors (Lipinski definition) is 5. The average molecular weight is 474 g/mol. The first-order chi connectivity index (χ1) is 16.2. The topological polar surface area (TPSA) is 90.9 Å². The number of carbonyl (C=O) groups is 2. The van der Waals surface area contributed by atoms with E-state index in [0.717, 1.165) is 5.56 Å². The molecule has 0 aromatic heterocycles. The second kappa shape index (κ2) is 10.1. The van der Waals surface area contributed by atoms with Crippen molar-refractivity contribution in [1.82, 2.24) is 15.5 Å². The highest BCUT2D eigenvalue weighted by Crippen LogP contribution is 2.29. The van der Waals surface area contributed by atoms with Crippen LogP contribution in [0.25, 0.3) is 0 Å². The highest BCUT2D eigenvalue weighted by molar-refractivity contribution is 5.83. The summed E-state index contributed by atoms with van der Waals surface area (Å²) in [4.78, 5) is 26.0. The third kappa shape index (κ3) is 5.05. The van der Waals surface area contributed by atoms with Crippen molar-refractivity contribution >= 4 is 12.0 Å². The monoisotopic (exact) mass is 473 g/mol. The van der Waals surface area contributed by atoms with Gasteiger partial charge in [0.25, 0.3) is 0 Å². The molecule has 7 nitrogen and oxygen atoms in total. The summed E-state index contributed by atoms with van der Waals surface area (Å²) in [6.45, 7) is 3.70. The number of alkyl halides is 1. The number of aliphatic hydroxyl groups excluding tert-OH is 1. The first-order valence-electron chi connectivity index (χ1n) is 11.4. The van der Waals surface area contributed by atoms with Gasteiger partial charge in [-0.25, -0.2) is 13.6 Å². The van der Waals surface area contributed by atoms with Gasteiger partial charge in [-0.1, -0.05) is 56.3 Å². The summed E-state index contributed by atoms with van der Waals surface area (Å²) >= 11 is 0. The van der Waals surface area contributed by atoms with Gasteiger partial charge in [-0.3, -0.25) is 9.69 Å². The Morgan fingerprint density at radius 3 is 2.56 bits per heavy atom. The minimum absolute atomic E-state index is 0.00742. The average Bonchev–Trinajstić information content (AvgIpc) is 3.42. The molecule has 2 aromatic rings. The van der Waals surface area contributed by atoms with Crippen molar-refractivity contribution in [2.75, 3.05) is 13.1 Å². The van der Waals surface area contributed by atoms with Crippen LogP contribution in [0.1, 0.15) is 48.9 Å². The van der Waals surface area contributed by atoms with Crippen LogP contribution in [0.15, 0.2) is 48.5 Å². The van der Waals surface area contributed by atoms with E-state index in [0.29, 0.717) is 11.1 Å². The lowest BCUT2D eigenvalue weighted by Crippen LogP contribution is -2.53. The first-order valence-corrected chi connectivity index (χ1v) is 11.4. The standard InChI is InChI=1S/C25H29F2N3O4/c1-14(2)18-9-8-16(10-19(18)27)22(15-6-4-3-5-7-15)29-23(31)20-11-17(26)13-30(20)24(32)21-12-28-25(33)34-21/h3-10,14,17,20-22,24,32H,11-13H2,1-2H3,(H,28,33)(H,29,31)/t17-,20+,21+,22+,24-/m1/s1. The Labute approximate surface area is 197 Å². The number of halogens is 2. The quantitative estimate of drug-likeness (QED) is 0.575. The molecule has 34 heavy (non-hydrogen) atoms. The van der Waals surface area contributed by atoms with E-state index in [-0.39, 0.29) is 31.2 Å². The van der Waals surface area contributed by atoms with Crippen molar-refractivity contribution in [3.63, 3.8) is 0 Å². The molecule has 9 heteroatoms. The summed E-state index contributed by atoms with van der Waals surface area (Å²) in [5.41, 5.74) is 1.87. The fraction of sp³-hybridized carbons (Fsp3) is 0.440. The largest absolute Gasteiger partial charge is 0.440 e. The summed E-state index contributed by atoms with van der Waals surface area (Å²) in [5.74, 6) is -0.855. The van der Waals surface area contributed by atoms with E-state index in [1.54, 1.807) is 12.1 Å². The van der Waals surface area contributed by atoms with Crippen LogP contribution >= 0.6 is 0 Å². The number of benzene rings is 2. The van der Waals surface area contributed by atoms with Gasteiger partial charge in [-0.05, 0) is 28.7 Å². The second-order valence-corrected chi connectivity index (χ2v) is 9.07. The number of nitrogens with one attached hydrogen (secondary N) is 2. The zero-order chi connectivity index (χ0) is 24.4. The molecule has 0 aliphatic carbocycles. The predicted molar refractivity (Wildman–Crippen MR) is 121 cm³/mol. The minimum atomic E-state index is -1.34. The van der Waals surface area contributed by atoms with E-state index in [2.05, 4.69) is 10.6 Å². The molecule has 0 spiro atoms. The van der Waals surface area contributed by atoms with Crippen molar-refractivity contribution in [2.45, 2.75) is 56.8 Å². The predicted octanol–water partition coefficient (Wildman–Crippen LogP) is 2.99. The molecule has 3 N–H and O–H groups in total. The molecule has 2 saturated heterocycles. The number of cyclic esters (lactones) is 1. The fourth-order valence-corrected chi connectivity index (χ4v) is 4.58. The number of hydrogen-bond donors (Lipinski definition) is 3. The molecule has 2 amide bonds. The summed E-state index contributed by atoms with van der Waals surface area (Å²) in [5, 5.41) is 16.1. The highest BCUT2D eigenvalue weighted by atomic mass is 19.1. The maximum Gasteiger partial charge on any atom is 0.407 e. The lowest BCUT2D eigenvalue weighted by molar-refractivity contribution is -0.134. The molecule has 2 aliphatic heterocycles. The van der Waals surface area contributed by atoms with E-state index in [1.165, 1.54) is 11.0 Å². The second-order valence-electron chi connectivity index (χ2n) is 9.07. The summed E-state index contributed by atoms with van der Waals surface area (Å²) < 4.78 is 34.2. The Morgan fingerprint density at radius 1 is 1.21 bits per heavy atom. The molecular weight excluding hydrogens is 444 g/mol. The van der Waals surface area contributed by atoms with Gasteiger partial charge in [0.05, 0.1) is 18.6 Å². The number of alkyl carbamates (subject to hydrolysis) is 1. The maximum atomic E-state index is 14.8. The van der Waals surface area contributed by atoms with Crippen LogP contribution in [-0.2, 0) is 9.53 Å². The summed E-state index contributed by atoms with van der Waals surface area (Å²) in [6, 6.07) is 12.4. The van der Waals surface area contributed by atoms with Crippen molar-refractivity contribution in [3.05, 3.63) is 71.0 Å². The van der Waals surface area contributed by atoms with Gasteiger partial charge in [0.15, 0.2) is 6.10 Å². The van der Waals surface area contributed by atoms with Gasteiger partial charge in [0.1, 0.15) is 18.2 Å².